The van der Waals surface area contributed by atoms with Crippen molar-refractivity contribution < 1.29 is 13.2 Å². The molecule has 0 bridgehead atoms. The molecule has 2 aliphatic heterocycles. The number of fused-ring (bicyclic) bond motifs is 1. The Kier molecular flexibility index (Phi) is 4.56. The SMILES string of the molecule is CS(=O)(=O)N1CCN(C(=S)N/C=C2/COc3ccccc32)CC1. The molecule has 124 valence electrons. The molecule has 1 saturated heterocycles. The maximum Gasteiger partial charge on any atom is 0.211 e. The van der Waals surface area contributed by atoms with Gasteiger partial charge >= 0.3 is 0 Å². The summed E-state index contributed by atoms with van der Waals surface area (Å²) in [5, 5.41) is 3.74. The molecule has 0 saturated carbocycles. The molecular formula is C15H19N3O3S2. The summed E-state index contributed by atoms with van der Waals surface area (Å²) in [5.41, 5.74) is 2.13. The molecule has 0 aliphatic carbocycles. The lowest BCUT2D eigenvalue weighted by molar-refractivity contribution is 0.266. The summed E-state index contributed by atoms with van der Waals surface area (Å²) >= 11 is 5.40. The van der Waals surface area contributed by atoms with Gasteiger partial charge in [0.25, 0.3) is 0 Å². The minimum Gasteiger partial charge on any atom is -0.488 e. The molecule has 1 N–H and O–H groups in total. The van der Waals surface area contributed by atoms with Crippen LogP contribution in [0.1, 0.15) is 5.56 Å². The van der Waals surface area contributed by atoms with Crippen molar-refractivity contribution >= 4 is 32.9 Å². The first-order valence-electron chi connectivity index (χ1n) is 7.37. The topological polar surface area (TPSA) is 61.9 Å². The highest BCUT2D eigenvalue weighted by atomic mass is 32.2. The summed E-state index contributed by atoms with van der Waals surface area (Å²) in [6, 6.07) is 7.88. The first-order valence-corrected chi connectivity index (χ1v) is 9.62. The number of hydrogen-bond acceptors (Lipinski definition) is 4. The van der Waals surface area contributed by atoms with Crippen molar-refractivity contribution in [3.63, 3.8) is 0 Å². The Bertz CT molecular complexity index is 738. The zero-order chi connectivity index (χ0) is 16.4. The summed E-state index contributed by atoms with van der Waals surface area (Å²) < 4.78 is 30.1. The van der Waals surface area contributed by atoms with Crippen molar-refractivity contribution in [3.8, 4) is 5.75 Å². The number of nitrogens with zero attached hydrogens (tertiary/aromatic N) is 2. The highest BCUT2D eigenvalue weighted by Gasteiger charge is 2.24. The average Bonchev–Trinajstić information content (AvgIpc) is 2.95. The van der Waals surface area contributed by atoms with Gasteiger partial charge in [-0.1, -0.05) is 18.2 Å². The van der Waals surface area contributed by atoms with Gasteiger partial charge in [0.1, 0.15) is 12.4 Å². The summed E-state index contributed by atoms with van der Waals surface area (Å²) in [6.45, 7) is 2.63. The minimum atomic E-state index is -3.12. The van der Waals surface area contributed by atoms with Crippen molar-refractivity contribution in [3.05, 3.63) is 36.0 Å². The minimum absolute atomic E-state index is 0.461. The Hall–Kier alpha value is -1.64. The van der Waals surface area contributed by atoms with Gasteiger partial charge in [0.15, 0.2) is 5.11 Å². The third kappa shape index (κ3) is 3.65. The van der Waals surface area contributed by atoms with Crippen LogP contribution in [0, 0.1) is 0 Å². The van der Waals surface area contributed by atoms with E-state index >= 15 is 0 Å². The molecule has 1 aromatic carbocycles. The van der Waals surface area contributed by atoms with Crippen LogP contribution in [0.3, 0.4) is 0 Å². The third-order valence-electron chi connectivity index (χ3n) is 3.98. The molecule has 1 fully saturated rings. The van der Waals surface area contributed by atoms with Crippen LogP contribution in [-0.2, 0) is 10.0 Å². The highest BCUT2D eigenvalue weighted by Crippen LogP contribution is 2.31. The summed E-state index contributed by atoms with van der Waals surface area (Å²) in [4.78, 5) is 1.98. The van der Waals surface area contributed by atoms with Crippen molar-refractivity contribution in [2.75, 3.05) is 39.0 Å². The molecule has 0 spiro atoms. The Morgan fingerprint density at radius 1 is 1.26 bits per heavy atom. The van der Waals surface area contributed by atoms with Crippen molar-refractivity contribution in [1.82, 2.24) is 14.5 Å². The van der Waals surface area contributed by atoms with E-state index in [9.17, 15) is 8.42 Å². The average molecular weight is 353 g/mol. The van der Waals surface area contributed by atoms with E-state index in [-0.39, 0.29) is 0 Å². The first kappa shape index (κ1) is 16.2. The number of benzene rings is 1. The Labute approximate surface area is 141 Å². The molecule has 3 rings (SSSR count). The van der Waals surface area contributed by atoms with E-state index < -0.39 is 10.0 Å². The van der Waals surface area contributed by atoms with Gasteiger partial charge in [0, 0.05) is 43.5 Å². The van der Waals surface area contributed by atoms with Gasteiger partial charge in [-0.25, -0.2) is 8.42 Å². The normalized spacial score (nSPS) is 20.2. The van der Waals surface area contributed by atoms with E-state index in [2.05, 4.69) is 5.32 Å². The number of sulfonamides is 1. The first-order chi connectivity index (χ1) is 10.9. The van der Waals surface area contributed by atoms with Gasteiger partial charge in [0.05, 0.1) is 6.26 Å². The molecular weight excluding hydrogens is 334 g/mol. The van der Waals surface area contributed by atoms with Gasteiger partial charge < -0.3 is 15.0 Å². The summed E-state index contributed by atoms with van der Waals surface area (Å²) in [6.07, 6.45) is 3.11. The molecule has 0 radical (unpaired) electrons. The number of hydrogen-bond donors (Lipinski definition) is 1. The number of rotatable bonds is 2. The lowest BCUT2D eigenvalue weighted by atomic mass is 10.1. The van der Waals surface area contributed by atoms with E-state index in [0.717, 1.165) is 16.9 Å². The van der Waals surface area contributed by atoms with Crippen LogP contribution in [0.2, 0.25) is 0 Å². The van der Waals surface area contributed by atoms with E-state index in [0.29, 0.717) is 37.9 Å². The fourth-order valence-corrected chi connectivity index (χ4v) is 3.74. The smallest absolute Gasteiger partial charge is 0.211 e. The monoisotopic (exact) mass is 353 g/mol. The summed E-state index contributed by atoms with van der Waals surface area (Å²) in [7, 11) is -3.12. The zero-order valence-electron chi connectivity index (χ0n) is 12.9. The predicted octanol–water partition coefficient (Wildman–Crippen LogP) is 0.872. The number of nitrogens with one attached hydrogen (secondary N) is 1. The lowest BCUT2D eigenvalue weighted by Gasteiger charge is -2.34. The molecule has 0 unspecified atom stereocenters. The Morgan fingerprint density at radius 2 is 1.96 bits per heavy atom. The van der Waals surface area contributed by atoms with Crippen LogP contribution in [0.15, 0.2) is 30.5 Å². The fraction of sp³-hybridized carbons (Fsp3) is 0.400. The van der Waals surface area contributed by atoms with Crippen LogP contribution >= 0.6 is 12.2 Å². The maximum absolute atomic E-state index is 11.5. The van der Waals surface area contributed by atoms with Crippen molar-refractivity contribution in [1.29, 1.82) is 0 Å². The number of piperazine rings is 1. The Balaban J connectivity index is 1.58. The van der Waals surface area contributed by atoms with Crippen LogP contribution < -0.4 is 10.1 Å². The molecule has 8 heteroatoms. The van der Waals surface area contributed by atoms with Crippen LogP contribution in [-0.4, -0.2) is 61.8 Å². The highest BCUT2D eigenvalue weighted by molar-refractivity contribution is 7.88. The second-order valence-electron chi connectivity index (χ2n) is 5.55. The second-order valence-corrected chi connectivity index (χ2v) is 7.92. The van der Waals surface area contributed by atoms with Gasteiger partial charge in [-0.2, -0.15) is 4.31 Å². The van der Waals surface area contributed by atoms with Gasteiger partial charge in [0.2, 0.25) is 10.0 Å². The second kappa shape index (κ2) is 6.46. The van der Waals surface area contributed by atoms with Crippen LogP contribution in [0.4, 0.5) is 0 Å². The third-order valence-corrected chi connectivity index (χ3v) is 5.66. The number of ether oxygens (including phenoxy) is 1. The van der Waals surface area contributed by atoms with Gasteiger partial charge in [-0.05, 0) is 18.3 Å². The number of thiocarbonyl (C=S) groups is 1. The molecule has 0 amide bonds. The van der Waals surface area contributed by atoms with Crippen LogP contribution in [0.25, 0.3) is 5.57 Å². The van der Waals surface area contributed by atoms with E-state index in [1.807, 2.05) is 35.4 Å². The molecule has 23 heavy (non-hydrogen) atoms. The van der Waals surface area contributed by atoms with Gasteiger partial charge in [-0.3, -0.25) is 0 Å². The lowest BCUT2D eigenvalue weighted by Crippen LogP contribution is -2.52. The van der Waals surface area contributed by atoms with E-state index in [4.69, 9.17) is 17.0 Å². The quantitative estimate of drug-likeness (QED) is 0.796. The van der Waals surface area contributed by atoms with Crippen LogP contribution in [0.5, 0.6) is 5.75 Å². The van der Waals surface area contributed by atoms with Crippen molar-refractivity contribution in [2.45, 2.75) is 0 Å². The van der Waals surface area contributed by atoms with Gasteiger partial charge in [-0.15, -0.1) is 0 Å². The number of para-hydroxylation sites is 1. The molecule has 1 aromatic rings. The van der Waals surface area contributed by atoms with E-state index in [1.165, 1.54) is 10.6 Å². The molecule has 2 aliphatic rings. The molecule has 0 aromatic heterocycles. The van der Waals surface area contributed by atoms with E-state index in [1.54, 1.807) is 0 Å². The predicted molar refractivity (Wildman–Crippen MR) is 93.6 cm³/mol. The maximum atomic E-state index is 11.5. The zero-order valence-corrected chi connectivity index (χ0v) is 14.5. The standard InChI is InChI=1S/C15H19N3O3S2/c1-23(19,20)18-8-6-17(7-9-18)15(22)16-10-12-11-21-14-5-3-2-4-13(12)14/h2-5,10H,6-9,11H2,1H3,(H,16,22)/b12-10-. The molecule has 0 atom stereocenters. The molecule has 6 nitrogen and oxygen atoms in total. The Morgan fingerprint density at radius 3 is 2.65 bits per heavy atom. The summed E-state index contributed by atoms with van der Waals surface area (Å²) in [5.74, 6) is 0.883. The van der Waals surface area contributed by atoms with Crippen molar-refractivity contribution in [2.24, 2.45) is 0 Å². The molecule has 2 heterocycles. The fourth-order valence-electron chi connectivity index (χ4n) is 2.67. The largest absolute Gasteiger partial charge is 0.488 e.